The standard InChI is InChI=1S/C22H21ClN2O3/c1-3-25(4-2)17-9-7-14(8-10-17)22-20(27)19(26)18-13-16(23)12-15(6-5-11-24)21(18)28-22/h7-10,12-13,27H,3-4,11,24H2,1-2H3. The molecule has 0 unspecified atom stereocenters. The zero-order valence-corrected chi connectivity index (χ0v) is 16.5. The lowest BCUT2D eigenvalue weighted by molar-refractivity contribution is 0.449. The van der Waals surface area contributed by atoms with Gasteiger partial charge in [0.25, 0.3) is 0 Å². The van der Waals surface area contributed by atoms with Crippen molar-refractivity contribution in [2.75, 3.05) is 24.5 Å². The van der Waals surface area contributed by atoms with Crippen LogP contribution in [0.1, 0.15) is 19.4 Å². The van der Waals surface area contributed by atoms with Gasteiger partial charge in [-0.15, -0.1) is 0 Å². The molecular formula is C22H21ClN2O3. The summed E-state index contributed by atoms with van der Waals surface area (Å²) >= 11 is 6.09. The molecule has 0 atom stereocenters. The van der Waals surface area contributed by atoms with Gasteiger partial charge >= 0.3 is 0 Å². The summed E-state index contributed by atoms with van der Waals surface area (Å²) < 4.78 is 5.93. The van der Waals surface area contributed by atoms with E-state index in [2.05, 4.69) is 30.6 Å². The lowest BCUT2D eigenvalue weighted by atomic mass is 10.1. The van der Waals surface area contributed by atoms with Gasteiger partial charge in [-0.25, -0.2) is 0 Å². The molecule has 1 heterocycles. The van der Waals surface area contributed by atoms with E-state index in [1.165, 1.54) is 6.07 Å². The second-order valence-electron chi connectivity index (χ2n) is 6.16. The molecule has 3 aromatic rings. The second-order valence-corrected chi connectivity index (χ2v) is 6.60. The molecule has 0 aliphatic rings. The predicted molar refractivity (Wildman–Crippen MR) is 114 cm³/mol. The van der Waals surface area contributed by atoms with Gasteiger partial charge in [-0.05, 0) is 50.2 Å². The molecule has 0 radical (unpaired) electrons. The number of halogens is 1. The Morgan fingerprint density at radius 3 is 2.46 bits per heavy atom. The molecular weight excluding hydrogens is 376 g/mol. The Labute approximate surface area is 168 Å². The number of aromatic hydroxyl groups is 1. The number of hydrogen-bond donors (Lipinski definition) is 2. The lowest BCUT2D eigenvalue weighted by Crippen LogP contribution is -2.21. The third-order valence-corrected chi connectivity index (χ3v) is 4.73. The minimum Gasteiger partial charge on any atom is -0.502 e. The first-order chi connectivity index (χ1) is 13.5. The van der Waals surface area contributed by atoms with Gasteiger partial charge in [-0.1, -0.05) is 23.4 Å². The highest BCUT2D eigenvalue weighted by atomic mass is 35.5. The van der Waals surface area contributed by atoms with E-state index < -0.39 is 11.2 Å². The van der Waals surface area contributed by atoms with E-state index in [1.807, 2.05) is 24.3 Å². The van der Waals surface area contributed by atoms with Crippen molar-refractivity contribution in [3.05, 3.63) is 57.2 Å². The van der Waals surface area contributed by atoms with Crippen molar-refractivity contribution in [2.45, 2.75) is 13.8 Å². The van der Waals surface area contributed by atoms with Crippen LogP contribution >= 0.6 is 11.6 Å². The van der Waals surface area contributed by atoms with Gasteiger partial charge in [0, 0.05) is 29.4 Å². The van der Waals surface area contributed by atoms with Crippen LogP contribution in [0.25, 0.3) is 22.3 Å². The van der Waals surface area contributed by atoms with Crippen molar-refractivity contribution in [1.29, 1.82) is 0 Å². The van der Waals surface area contributed by atoms with E-state index in [0.717, 1.165) is 18.8 Å². The van der Waals surface area contributed by atoms with Crippen molar-refractivity contribution in [1.82, 2.24) is 0 Å². The normalized spacial score (nSPS) is 10.6. The Morgan fingerprint density at radius 1 is 1.18 bits per heavy atom. The highest BCUT2D eigenvalue weighted by Gasteiger charge is 2.18. The lowest BCUT2D eigenvalue weighted by Gasteiger charge is -2.21. The summed E-state index contributed by atoms with van der Waals surface area (Å²) in [6, 6.07) is 10.6. The van der Waals surface area contributed by atoms with Gasteiger partial charge in [-0.2, -0.15) is 0 Å². The van der Waals surface area contributed by atoms with Crippen molar-refractivity contribution in [3.63, 3.8) is 0 Å². The molecule has 0 amide bonds. The number of rotatable bonds is 4. The molecule has 0 aliphatic heterocycles. The predicted octanol–water partition coefficient (Wildman–Crippen LogP) is 3.98. The molecule has 3 rings (SSSR count). The van der Waals surface area contributed by atoms with Crippen LogP contribution < -0.4 is 16.1 Å². The van der Waals surface area contributed by atoms with Gasteiger partial charge in [0.15, 0.2) is 11.3 Å². The minimum absolute atomic E-state index is 0.0988. The van der Waals surface area contributed by atoms with E-state index >= 15 is 0 Å². The third kappa shape index (κ3) is 3.70. The minimum atomic E-state index is -0.553. The Hall–Kier alpha value is -2.94. The van der Waals surface area contributed by atoms with Gasteiger partial charge in [0.05, 0.1) is 17.5 Å². The van der Waals surface area contributed by atoms with Crippen LogP contribution in [0.2, 0.25) is 5.02 Å². The van der Waals surface area contributed by atoms with Crippen molar-refractivity contribution >= 4 is 28.3 Å². The van der Waals surface area contributed by atoms with Crippen LogP contribution in [0.3, 0.4) is 0 Å². The molecule has 144 valence electrons. The first kappa shape index (κ1) is 19.8. The number of nitrogens with two attached hydrogens (primary N) is 1. The molecule has 28 heavy (non-hydrogen) atoms. The molecule has 2 aromatic carbocycles. The van der Waals surface area contributed by atoms with E-state index in [-0.39, 0.29) is 23.3 Å². The van der Waals surface area contributed by atoms with Crippen molar-refractivity contribution in [3.8, 4) is 28.9 Å². The highest BCUT2D eigenvalue weighted by Crippen LogP contribution is 2.33. The van der Waals surface area contributed by atoms with Gasteiger partial charge < -0.3 is 20.2 Å². The highest BCUT2D eigenvalue weighted by molar-refractivity contribution is 6.31. The molecule has 1 aromatic heterocycles. The summed E-state index contributed by atoms with van der Waals surface area (Å²) in [6.07, 6.45) is 0. The summed E-state index contributed by atoms with van der Waals surface area (Å²) in [7, 11) is 0. The molecule has 0 spiro atoms. The van der Waals surface area contributed by atoms with Crippen LogP contribution in [0.15, 0.2) is 45.6 Å². The van der Waals surface area contributed by atoms with Crippen LogP contribution in [-0.4, -0.2) is 24.7 Å². The number of fused-ring (bicyclic) bond motifs is 1. The maximum atomic E-state index is 12.7. The summed E-state index contributed by atoms with van der Waals surface area (Å²) in [6.45, 7) is 6.10. The average Bonchev–Trinajstić information content (AvgIpc) is 2.71. The average molecular weight is 397 g/mol. The molecule has 6 heteroatoms. The first-order valence-corrected chi connectivity index (χ1v) is 9.41. The van der Waals surface area contributed by atoms with E-state index in [4.69, 9.17) is 21.8 Å². The zero-order chi connectivity index (χ0) is 20.3. The summed E-state index contributed by atoms with van der Waals surface area (Å²) in [5.74, 6) is 5.25. The summed E-state index contributed by atoms with van der Waals surface area (Å²) in [4.78, 5) is 14.9. The smallest absolute Gasteiger partial charge is 0.235 e. The fourth-order valence-electron chi connectivity index (χ4n) is 3.10. The molecule has 3 N–H and O–H groups in total. The zero-order valence-electron chi connectivity index (χ0n) is 15.8. The first-order valence-electron chi connectivity index (χ1n) is 9.03. The Balaban J connectivity index is 2.20. The fourth-order valence-corrected chi connectivity index (χ4v) is 3.32. The van der Waals surface area contributed by atoms with E-state index in [0.29, 0.717) is 16.1 Å². The maximum Gasteiger partial charge on any atom is 0.235 e. The van der Waals surface area contributed by atoms with Crippen molar-refractivity contribution in [2.24, 2.45) is 5.73 Å². The summed E-state index contributed by atoms with van der Waals surface area (Å²) in [5, 5.41) is 11.0. The monoisotopic (exact) mass is 396 g/mol. The van der Waals surface area contributed by atoms with E-state index in [1.54, 1.807) is 6.07 Å². The van der Waals surface area contributed by atoms with Crippen LogP contribution in [0, 0.1) is 11.8 Å². The fraction of sp³-hybridized carbons (Fsp3) is 0.227. The molecule has 0 saturated carbocycles. The van der Waals surface area contributed by atoms with Gasteiger partial charge in [0.2, 0.25) is 11.2 Å². The van der Waals surface area contributed by atoms with Crippen LogP contribution in [0.4, 0.5) is 5.69 Å². The Morgan fingerprint density at radius 2 is 1.86 bits per heavy atom. The molecule has 0 bridgehead atoms. The van der Waals surface area contributed by atoms with Crippen LogP contribution in [-0.2, 0) is 0 Å². The van der Waals surface area contributed by atoms with Gasteiger partial charge in [-0.3, -0.25) is 4.79 Å². The van der Waals surface area contributed by atoms with Crippen LogP contribution in [0.5, 0.6) is 5.75 Å². The largest absolute Gasteiger partial charge is 0.502 e. The maximum absolute atomic E-state index is 12.7. The van der Waals surface area contributed by atoms with Crippen molar-refractivity contribution < 1.29 is 9.52 Å². The quantitative estimate of drug-likeness (QED) is 0.652. The van der Waals surface area contributed by atoms with E-state index in [9.17, 15) is 9.90 Å². The number of hydrogen-bond acceptors (Lipinski definition) is 5. The molecule has 0 saturated heterocycles. The molecule has 0 aliphatic carbocycles. The number of nitrogens with zero attached hydrogens (tertiary/aromatic N) is 1. The SMILES string of the molecule is CCN(CC)c1ccc(-c2oc3c(C#CCN)cc(Cl)cc3c(=O)c2O)cc1. The molecule has 0 fully saturated rings. The number of benzene rings is 2. The van der Waals surface area contributed by atoms with Gasteiger partial charge in [0.1, 0.15) is 0 Å². The topological polar surface area (TPSA) is 79.7 Å². The second kappa shape index (κ2) is 8.39. The number of anilines is 1. The third-order valence-electron chi connectivity index (χ3n) is 4.52. The molecule has 5 nitrogen and oxygen atoms in total. The Bertz CT molecular complexity index is 1120. The Kier molecular flexibility index (Phi) is 5.93. The summed E-state index contributed by atoms with van der Waals surface area (Å²) in [5.41, 5.74) is 7.27.